The summed E-state index contributed by atoms with van der Waals surface area (Å²) in [4.78, 5) is 23.7. The molecule has 0 amide bonds. The Bertz CT molecular complexity index is 397. The topological polar surface area (TPSA) is 72.8 Å². The van der Waals surface area contributed by atoms with Gasteiger partial charge in [0.15, 0.2) is 6.10 Å². The van der Waals surface area contributed by atoms with Crippen molar-refractivity contribution in [3.63, 3.8) is 0 Å². The predicted molar refractivity (Wildman–Crippen MR) is 122 cm³/mol. The van der Waals surface area contributed by atoms with E-state index < -0.39 is 6.10 Å². The maximum Gasteiger partial charge on any atom is 0.306 e. The lowest BCUT2D eigenvalue weighted by Crippen LogP contribution is -2.28. The van der Waals surface area contributed by atoms with Gasteiger partial charge in [0.1, 0.15) is 6.61 Å². The molecule has 0 aromatic heterocycles. The van der Waals surface area contributed by atoms with Crippen LogP contribution in [-0.4, -0.2) is 36.4 Å². The SMILES string of the molecule is [CH2-]CCCCCCCCCCCC(=O)O[C@@H](CO)COC(=O)CCCCCCC[CH2-]. The normalized spacial score (nSPS) is 12.0. The van der Waals surface area contributed by atoms with Gasteiger partial charge in [0.2, 0.25) is 0 Å². The lowest BCUT2D eigenvalue weighted by Gasteiger charge is -2.15. The summed E-state index contributed by atoms with van der Waals surface area (Å²) in [5, 5.41) is 9.35. The fourth-order valence-corrected chi connectivity index (χ4v) is 3.29. The molecule has 0 heterocycles. The zero-order valence-corrected chi connectivity index (χ0v) is 19.2. The van der Waals surface area contributed by atoms with Gasteiger partial charge in [-0.1, -0.05) is 77.0 Å². The molecule has 5 nitrogen and oxygen atoms in total. The number of carbonyl (C=O) groups excluding carboxylic acids is 2. The van der Waals surface area contributed by atoms with Crippen molar-refractivity contribution in [2.45, 2.75) is 122 Å². The highest BCUT2D eigenvalue weighted by atomic mass is 16.6. The highest BCUT2D eigenvalue weighted by Gasteiger charge is 2.16. The number of hydrogen-bond acceptors (Lipinski definition) is 5. The molecule has 0 aliphatic carbocycles. The summed E-state index contributed by atoms with van der Waals surface area (Å²) in [7, 11) is 0. The number of aliphatic hydroxyl groups is 1. The highest BCUT2D eigenvalue weighted by Crippen LogP contribution is 2.12. The number of unbranched alkanes of at least 4 members (excludes halogenated alkanes) is 14. The Kier molecular flexibility index (Phi) is 21.8. The number of rotatable bonds is 22. The van der Waals surface area contributed by atoms with Gasteiger partial charge in [0.25, 0.3) is 0 Å². The number of esters is 2. The van der Waals surface area contributed by atoms with Crippen LogP contribution in [0.4, 0.5) is 0 Å². The van der Waals surface area contributed by atoms with E-state index in [0.717, 1.165) is 64.2 Å². The van der Waals surface area contributed by atoms with Crippen LogP contribution in [-0.2, 0) is 19.1 Å². The monoisotopic (exact) mass is 426 g/mol. The molecule has 0 saturated carbocycles. The molecule has 0 saturated heterocycles. The molecule has 0 radical (unpaired) electrons. The quantitative estimate of drug-likeness (QED) is 0.128. The summed E-state index contributed by atoms with van der Waals surface area (Å²) >= 11 is 0. The Balaban J connectivity index is 3.62. The van der Waals surface area contributed by atoms with Crippen LogP contribution < -0.4 is 0 Å². The van der Waals surface area contributed by atoms with Gasteiger partial charge in [-0.2, -0.15) is 12.8 Å². The smallest absolute Gasteiger partial charge is 0.306 e. The average Bonchev–Trinajstić information content (AvgIpc) is 2.74. The average molecular weight is 427 g/mol. The van der Waals surface area contributed by atoms with Gasteiger partial charge >= 0.3 is 11.9 Å². The van der Waals surface area contributed by atoms with Crippen molar-refractivity contribution in [1.82, 2.24) is 0 Å². The molecule has 0 spiro atoms. The zero-order valence-electron chi connectivity index (χ0n) is 19.2. The first-order valence-electron chi connectivity index (χ1n) is 12.2. The van der Waals surface area contributed by atoms with E-state index in [2.05, 4.69) is 13.8 Å². The van der Waals surface area contributed by atoms with Crippen molar-refractivity contribution in [3.05, 3.63) is 13.8 Å². The summed E-state index contributed by atoms with van der Waals surface area (Å²) in [6, 6.07) is 0. The molecule has 30 heavy (non-hydrogen) atoms. The van der Waals surface area contributed by atoms with Crippen molar-refractivity contribution in [1.29, 1.82) is 0 Å². The van der Waals surface area contributed by atoms with Crippen LogP contribution in [0.5, 0.6) is 0 Å². The van der Waals surface area contributed by atoms with E-state index in [1.807, 2.05) is 0 Å². The highest BCUT2D eigenvalue weighted by molar-refractivity contribution is 5.70. The number of carbonyl (C=O) groups is 2. The largest absolute Gasteiger partial charge is 0.462 e. The molecule has 1 atom stereocenters. The van der Waals surface area contributed by atoms with E-state index in [-0.39, 0.29) is 25.2 Å². The lowest BCUT2D eigenvalue weighted by molar-refractivity contribution is -0.161. The van der Waals surface area contributed by atoms with Crippen molar-refractivity contribution in [3.8, 4) is 0 Å². The molecule has 178 valence electrons. The fourth-order valence-electron chi connectivity index (χ4n) is 3.29. The molecule has 1 N–H and O–H groups in total. The van der Waals surface area contributed by atoms with E-state index in [1.54, 1.807) is 0 Å². The fraction of sp³-hybridized carbons (Fsp3) is 0.840. The van der Waals surface area contributed by atoms with Gasteiger partial charge in [-0.05, 0) is 12.8 Å². The molecule has 0 aromatic carbocycles. The third-order valence-electron chi connectivity index (χ3n) is 5.19. The van der Waals surface area contributed by atoms with Crippen LogP contribution in [0.1, 0.15) is 116 Å². The van der Waals surface area contributed by atoms with Gasteiger partial charge in [-0.15, -0.1) is 0 Å². The first-order valence-corrected chi connectivity index (χ1v) is 12.2. The Morgan fingerprint density at radius 3 is 1.47 bits per heavy atom. The molecular weight excluding hydrogens is 380 g/mol. The van der Waals surface area contributed by atoms with E-state index >= 15 is 0 Å². The van der Waals surface area contributed by atoms with Crippen molar-refractivity contribution in [2.75, 3.05) is 13.2 Å². The lowest BCUT2D eigenvalue weighted by atomic mass is 10.1. The van der Waals surface area contributed by atoms with Crippen LogP contribution in [0.2, 0.25) is 0 Å². The van der Waals surface area contributed by atoms with Gasteiger partial charge in [0, 0.05) is 12.8 Å². The Morgan fingerprint density at radius 2 is 1.03 bits per heavy atom. The van der Waals surface area contributed by atoms with E-state index in [4.69, 9.17) is 9.47 Å². The van der Waals surface area contributed by atoms with Crippen LogP contribution in [0.3, 0.4) is 0 Å². The molecule has 5 heteroatoms. The zero-order chi connectivity index (χ0) is 22.3. The van der Waals surface area contributed by atoms with Gasteiger partial charge < -0.3 is 28.4 Å². The molecule has 0 bridgehead atoms. The second-order valence-corrected chi connectivity index (χ2v) is 8.13. The van der Waals surface area contributed by atoms with Gasteiger partial charge in [-0.25, -0.2) is 0 Å². The van der Waals surface area contributed by atoms with Crippen LogP contribution in [0.15, 0.2) is 0 Å². The summed E-state index contributed by atoms with van der Waals surface area (Å²) in [5.41, 5.74) is 0. The van der Waals surface area contributed by atoms with E-state index in [0.29, 0.717) is 12.8 Å². The molecule has 0 aliphatic rings. The van der Waals surface area contributed by atoms with E-state index in [9.17, 15) is 14.7 Å². The van der Waals surface area contributed by atoms with Crippen molar-refractivity contribution >= 4 is 11.9 Å². The Labute approximate surface area is 185 Å². The molecular formula is C25H46O5-2. The van der Waals surface area contributed by atoms with Crippen LogP contribution in [0.25, 0.3) is 0 Å². The standard InChI is InChI=1S/C25H46O5/c1-3-5-7-9-11-12-13-14-16-18-20-25(28)30-23(21-26)22-29-24(27)19-17-15-10-8-6-4-2/h23,26H,1-22H2/q-2/t23-/m0/s1. The van der Waals surface area contributed by atoms with E-state index in [1.165, 1.54) is 38.5 Å². The maximum absolute atomic E-state index is 11.9. The minimum atomic E-state index is -0.767. The molecule has 0 unspecified atom stereocenters. The first-order chi connectivity index (χ1) is 14.6. The summed E-state index contributed by atoms with van der Waals surface area (Å²) in [6.07, 6.45) is 17.7. The summed E-state index contributed by atoms with van der Waals surface area (Å²) in [5.74, 6) is -0.628. The van der Waals surface area contributed by atoms with Crippen molar-refractivity contribution < 1.29 is 24.2 Å². The summed E-state index contributed by atoms with van der Waals surface area (Å²) < 4.78 is 10.4. The van der Waals surface area contributed by atoms with Gasteiger partial charge in [-0.3, -0.25) is 9.59 Å². The molecule has 0 rings (SSSR count). The second-order valence-electron chi connectivity index (χ2n) is 8.13. The van der Waals surface area contributed by atoms with Gasteiger partial charge in [0.05, 0.1) is 6.61 Å². The first kappa shape index (κ1) is 28.9. The molecule has 0 fully saturated rings. The van der Waals surface area contributed by atoms with Crippen LogP contribution >= 0.6 is 0 Å². The molecule has 0 aromatic rings. The third-order valence-corrected chi connectivity index (χ3v) is 5.19. The third kappa shape index (κ3) is 20.2. The Morgan fingerprint density at radius 1 is 0.633 bits per heavy atom. The molecule has 0 aliphatic heterocycles. The predicted octanol–water partition coefficient (Wildman–Crippen LogP) is 6.12. The number of hydrogen-bond donors (Lipinski definition) is 1. The minimum Gasteiger partial charge on any atom is -0.462 e. The minimum absolute atomic E-state index is 0.0727. The van der Waals surface area contributed by atoms with Crippen molar-refractivity contribution in [2.24, 2.45) is 0 Å². The Hall–Kier alpha value is -1.10. The van der Waals surface area contributed by atoms with Crippen LogP contribution in [0, 0.1) is 13.8 Å². The maximum atomic E-state index is 11.9. The summed E-state index contributed by atoms with van der Waals surface area (Å²) in [6.45, 7) is 7.26. The number of aliphatic hydroxyl groups excluding tert-OH is 1. The number of ether oxygens (including phenoxy) is 2. The second kappa shape index (κ2) is 22.6.